The number of aliphatic carboxylic acids is 1. The SMILES string of the molecule is CN(C)CCOc1ccc(-c2nc(-c3ccc4c(O)c(F)ccc4c3)c(-c3ccncc3)[nH]2)cc1.O=C(O)C(F)(F)F. The third-order valence-corrected chi connectivity index (χ3v) is 6.07. The van der Waals surface area contributed by atoms with E-state index in [-0.39, 0.29) is 5.75 Å². The molecule has 0 saturated heterocycles. The molecular formula is C30H26F4N4O4. The van der Waals surface area contributed by atoms with Crippen LogP contribution in [0.25, 0.3) is 44.7 Å². The average Bonchev–Trinajstić information content (AvgIpc) is 3.41. The van der Waals surface area contributed by atoms with Crippen LogP contribution in [0.3, 0.4) is 0 Å². The molecule has 12 heteroatoms. The minimum Gasteiger partial charge on any atom is -0.504 e. The van der Waals surface area contributed by atoms with E-state index in [2.05, 4.69) is 14.9 Å². The van der Waals surface area contributed by atoms with Crippen LogP contribution in [-0.2, 0) is 4.79 Å². The third kappa shape index (κ3) is 7.21. The molecule has 218 valence electrons. The summed E-state index contributed by atoms with van der Waals surface area (Å²) in [6, 6.07) is 20.1. The fourth-order valence-corrected chi connectivity index (χ4v) is 3.94. The molecule has 2 heterocycles. The molecule has 0 aliphatic rings. The van der Waals surface area contributed by atoms with Crippen molar-refractivity contribution in [2.75, 3.05) is 27.2 Å². The van der Waals surface area contributed by atoms with Gasteiger partial charge in [0.25, 0.3) is 0 Å². The summed E-state index contributed by atoms with van der Waals surface area (Å²) in [5, 5.41) is 18.4. The van der Waals surface area contributed by atoms with Crippen molar-refractivity contribution >= 4 is 16.7 Å². The molecule has 0 unspecified atom stereocenters. The largest absolute Gasteiger partial charge is 0.504 e. The van der Waals surface area contributed by atoms with Crippen molar-refractivity contribution in [1.82, 2.24) is 19.9 Å². The molecule has 5 rings (SSSR count). The number of likely N-dealkylation sites (N-methyl/N-ethyl adjacent to an activating group) is 1. The highest BCUT2D eigenvalue weighted by Crippen LogP contribution is 2.36. The molecule has 2 aromatic heterocycles. The number of H-pyrrole nitrogens is 1. The summed E-state index contributed by atoms with van der Waals surface area (Å²) in [6.45, 7) is 1.46. The Kier molecular flexibility index (Phi) is 9.06. The zero-order chi connectivity index (χ0) is 30.4. The maximum Gasteiger partial charge on any atom is 0.490 e. The molecule has 5 aromatic rings. The van der Waals surface area contributed by atoms with E-state index in [1.807, 2.05) is 62.6 Å². The zero-order valence-electron chi connectivity index (χ0n) is 22.5. The highest BCUT2D eigenvalue weighted by atomic mass is 19.4. The number of carboxylic acid groups (broad SMARTS) is 1. The van der Waals surface area contributed by atoms with Crippen molar-refractivity contribution in [1.29, 1.82) is 0 Å². The molecule has 0 fully saturated rings. The molecule has 0 aliphatic carbocycles. The summed E-state index contributed by atoms with van der Waals surface area (Å²) in [5.41, 5.74) is 4.32. The number of nitrogens with zero attached hydrogens (tertiary/aromatic N) is 3. The molecule has 0 aliphatic heterocycles. The summed E-state index contributed by atoms with van der Waals surface area (Å²) < 4.78 is 51.3. The summed E-state index contributed by atoms with van der Waals surface area (Å²) in [4.78, 5) is 23.5. The normalized spacial score (nSPS) is 11.3. The molecule has 0 atom stereocenters. The minimum atomic E-state index is -5.08. The van der Waals surface area contributed by atoms with E-state index in [1.54, 1.807) is 24.5 Å². The van der Waals surface area contributed by atoms with Gasteiger partial charge in [0.1, 0.15) is 18.2 Å². The molecule has 3 N–H and O–H groups in total. The number of phenolic OH excluding ortho intramolecular Hbond substituents is 1. The molecule has 0 spiro atoms. The number of aromatic nitrogens is 3. The second-order valence-electron chi connectivity index (χ2n) is 9.36. The molecule has 0 amide bonds. The van der Waals surface area contributed by atoms with Gasteiger partial charge in [-0.2, -0.15) is 13.2 Å². The van der Waals surface area contributed by atoms with Gasteiger partial charge in [-0.25, -0.2) is 14.2 Å². The van der Waals surface area contributed by atoms with E-state index in [4.69, 9.17) is 19.6 Å². The summed E-state index contributed by atoms with van der Waals surface area (Å²) in [6.07, 6.45) is -1.61. The fraction of sp³-hybridized carbons (Fsp3) is 0.167. The van der Waals surface area contributed by atoms with E-state index < -0.39 is 18.0 Å². The quantitative estimate of drug-likeness (QED) is 0.191. The Hall–Kier alpha value is -4.97. The zero-order valence-corrected chi connectivity index (χ0v) is 22.5. The van der Waals surface area contributed by atoms with Gasteiger partial charge in [-0.15, -0.1) is 0 Å². The minimum absolute atomic E-state index is 0.348. The molecule has 3 aromatic carbocycles. The van der Waals surface area contributed by atoms with Gasteiger partial charge in [0, 0.05) is 41.0 Å². The maximum atomic E-state index is 13.8. The summed E-state index contributed by atoms with van der Waals surface area (Å²) in [5.74, 6) is -2.22. The van der Waals surface area contributed by atoms with Gasteiger partial charge < -0.3 is 24.8 Å². The summed E-state index contributed by atoms with van der Waals surface area (Å²) >= 11 is 0. The standard InChI is InChI=1S/C28H25FN4O2.C2HF3O2/c1-33(2)15-16-35-22-7-3-19(4-8-22)28-31-25(18-11-13-30-14-12-18)26(32-28)21-5-9-23-20(17-21)6-10-24(29)27(23)34;3-2(4,5)1(6)7/h3-14,17,34H,15-16H2,1-2H3,(H,31,32);(H,6,7). The van der Waals surface area contributed by atoms with E-state index in [1.165, 1.54) is 6.07 Å². The second-order valence-corrected chi connectivity index (χ2v) is 9.36. The molecule has 0 bridgehead atoms. The Morgan fingerprint density at radius 1 is 0.952 bits per heavy atom. The van der Waals surface area contributed by atoms with Crippen LogP contribution in [0.5, 0.6) is 11.5 Å². The Labute approximate surface area is 237 Å². The first kappa shape index (κ1) is 30.0. The number of nitrogens with one attached hydrogen (secondary N) is 1. The smallest absolute Gasteiger partial charge is 0.490 e. The van der Waals surface area contributed by atoms with Crippen molar-refractivity contribution in [2.24, 2.45) is 0 Å². The Bertz CT molecular complexity index is 1670. The molecule has 0 radical (unpaired) electrons. The van der Waals surface area contributed by atoms with Gasteiger partial charge in [-0.3, -0.25) is 4.98 Å². The monoisotopic (exact) mass is 582 g/mol. The van der Waals surface area contributed by atoms with Crippen molar-refractivity contribution in [2.45, 2.75) is 6.18 Å². The number of imidazole rings is 1. The van der Waals surface area contributed by atoms with Gasteiger partial charge in [-0.1, -0.05) is 12.1 Å². The van der Waals surface area contributed by atoms with Gasteiger partial charge >= 0.3 is 12.1 Å². The highest BCUT2D eigenvalue weighted by Gasteiger charge is 2.38. The van der Waals surface area contributed by atoms with Crippen LogP contribution in [-0.4, -0.2) is 69.5 Å². The number of halogens is 4. The summed E-state index contributed by atoms with van der Waals surface area (Å²) in [7, 11) is 4.02. The maximum absolute atomic E-state index is 13.8. The first-order chi connectivity index (χ1) is 19.9. The number of aromatic amines is 1. The number of carboxylic acids is 1. The van der Waals surface area contributed by atoms with Crippen LogP contribution >= 0.6 is 0 Å². The predicted octanol–water partition coefficient (Wildman–Crippen LogP) is 6.38. The Morgan fingerprint density at radius 3 is 2.21 bits per heavy atom. The number of rotatable bonds is 7. The average molecular weight is 583 g/mol. The molecule has 8 nitrogen and oxygen atoms in total. The van der Waals surface area contributed by atoms with Gasteiger partial charge in [0.05, 0.1) is 11.4 Å². The number of fused-ring (bicyclic) bond motifs is 1. The lowest BCUT2D eigenvalue weighted by Crippen LogP contribution is -2.21. The van der Waals surface area contributed by atoms with Crippen LogP contribution in [0.1, 0.15) is 0 Å². The van der Waals surface area contributed by atoms with Crippen LogP contribution in [0.4, 0.5) is 17.6 Å². The lowest BCUT2D eigenvalue weighted by molar-refractivity contribution is -0.192. The lowest BCUT2D eigenvalue weighted by Gasteiger charge is -2.11. The number of benzene rings is 3. The third-order valence-electron chi connectivity index (χ3n) is 6.07. The highest BCUT2D eigenvalue weighted by molar-refractivity contribution is 5.93. The lowest BCUT2D eigenvalue weighted by atomic mass is 10.0. The predicted molar refractivity (Wildman–Crippen MR) is 150 cm³/mol. The number of carbonyl (C=O) groups is 1. The van der Waals surface area contributed by atoms with Crippen molar-refractivity contribution in [3.8, 4) is 45.4 Å². The number of hydrogen-bond donors (Lipinski definition) is 3. The molecule has 42 heavy (non-hydrogen) atoms. The van der Waals surface area contributed by atoms with Crippen LogP contribution in [0, 0.1) is 5.82 Å². The van der Waals surface area contributed by atoms with Gasteiger partial charge in [0.15, 0.2) is 11.6 Å². The van der Waals surface area contributed by atoms with Crippen molar-refractivity contribution in [3.63, 3.8) is 0 Å². The van der Waals surface area contributed by atoms with E-state index in [9.17, 15) is 22.7 Å². The number of pyridine rings is 1. The first-order valence-corrected chi connectivity index (χ1v) is 12.5. The number of alkyl halides is 3. The van der Waals surface area contributed by atoms with Gasteiger partial charge in [-0.05, 0) is 74.1 Å². The van der Waals surface area contributed by atoms with E-state index >= 15 is 0 Å². The number of ether oxygens (including phenoxy) is 1. The van der Waals surface area contributed by atoms with E-state index in [0.29, 0.717) is 17.8 Å². The molecule has 0 saturated carbocycles. The Balaban J connectivity index is 0.000000517. The first-order valence-electron chi connectivity index (χ1n) is 12.5. The van der Waals surface area contributed by atoms with E-state index in [0.717, 1.165) is 45.8 Å². The second kappa shape index (κ2) is 12.7. The fourth-order valence-electron chi connectivity index (χ4n) is 3.94. The van der Waals surface area contributed by atoms with Crippen LogP contribution in [0.2, 0.25) is 0 Å². The topological polar surface area (TPSA) is 112 Å². The van der Waals surface area contributed by atoms with Crippen LogP contribution in [0.15, 0.2) is 79.1 Å². The number of hydrogen-bond acceptors (Lipinski definition) is 6. The van der Waals surface area contributed by atoms with Gasteiger partial charge in [0.2, 0.25) is 0 Å². The molecular weight excluding hydrogens is 556 g/mol. The number of phenols is 1. The van der Waals surface area contributed by atoms with Crippen molar-refractivity contribution < 1.29 is 37.3 Å². The van der Waals surface area contributed by atoms with Crippen molar-refractivity contribution in [3.05, 3.63) is 84.9 Å². The van der Waals surface area contributed by atoms with Crippen LogP contribution < -0.4 is 4.74 Å². The Morgan fingerprint density at radius 2 is 1.60 bits per heavy atom. The number of aromatic hydroxyl groups is 1.